The van der Waals surface area contributed by atoms with E-state index in [1.54, 1.807) is 6.92 Å². The predicted molar refractivity (Wildman–Crippen MR) is 65.7 cm³/mol. The van der Waals surface area contributed by atoms with Crippen LogP contribution in [-0.2, 0) is 0 Å². The minimum atomic E-state index is -3.00. The number of alkyl halides is 2. The molecule has 1 aromatic rings. The third-order valence-corrected chi connectivity index (χ3v) is 2.74. The van der Waals surface area contributed by atoms with Crippen molar-refractivity contribution in [3.63, 3.8) is 0 Å². The fourth-order valence-electron chi connectivity index (χ4n) is 1.62. The summed E-state index contributed by atoms with van der Waals surface area (Å²) >= 11 is 0. The van der Waals surface area contributed by atoms with Crippen LogP contribution in [0, 0.1) is 11.7 Å². The van der Waals surface area contributed by atoms with E-state index >= 15 is 0 Å². The Morgan fingerprint density at radius 3 is 2.58 bits per heavy atom. The van der Waals surface area contributed by atoms with Crippen molar-refractivity contribution in [1.82, 2.24) is 5.32 Å². The zero-order valence-electron chi connectivity index (χ0n) is 10.9. The van der Waals surface area contributed by atoms with Gasteiger partial charge in [-0.3, -0.25) is 0 Å². The number of halogens is 3. The molecule has 0 aromatic heterocycles. The molecule has 0 radical (unpaired) electrons. The van der Waals surface area contributed by atoms with Gasteiger partial charge in [-0.2, -0.15) is 8.78 Å². The third-order valence-electron chi connectivity index (χ3n) is 2.74. The lowest BCUT2D eigenvalue weighted by atomic mass is 10.1. The molecule has 0 bridgehead atoms. The van der Waals surface area contributed by atoms with Crippen LogP contribution in [0.3, 0.4) is 0 Å². The molecule has 0 aliphatic carbocycles. The van der Waals surface area contributed by atoms with Gasteiger partial charge in [0.2, 0.25) is 0 Å². The van der Waals surface area contributed by atoms with Crippen molar-refractivity contribution in [3.8, 4) is 5.75 Å². The molecule has 3 nitrogen and oxygen atoms in total. The molecule has 0 aliphatic heterocycles. The first kappa shape index (κ1) is 15.8. The Morgan fingerprint density at radius 1 is 1.32 bits per heavy atom. The molecule has 0 saturated carbocycles. The van der Waals surface area contributed by atoms with Crippen molar-refractivity contribution >= 4 is 0 Å². The summed E-state index contributed by atoms with van der Waals surface area (Å²) in [5, 5.41) is 12.0. The largest absolute Gasteiger partial charge is 0.434 e. The fourth-order valence-corrected chi connectivity index (χ4v) is 1.62. The van der Waals surface area contributed by atoms with Gasteiger partial charge in [0.15, 0.2) is 0 Å². The number of ether oxygens (including phenoxy) is 1. The molecule has 2 atom stereocenters. The molecular formula is C13H18F3NO2. The van der Waals surface area contributed by atoms with E-state index in [1.165, 1.54) is 12.1 Å². The van der Waals surface area contributed by atoms with E-state index in [4.69, 9.17) is 5.11 Å². The van der Waals surface area contributed by atoms with Gasteiger partial charge in [0, 0.05) is 30.8 Å². The Bertz CT molecular complexity index is 401. The highest BCUT2D eigenvalue weighted by molar-refractivity contribution is 5.36. The maximum atomic E-state index is 13.1. The highest BCUT2D eigenvalue weighted by Gasteiger charge is 2.16. The lowest BCUT2D eigenvalue weighted by molar-refractivity contribution is -0.0508. The van der Waals surface area contributed by atoms with Gasteiger partial charge in [-0.05, 0) is 18.9 Å². The Hall–Kier alpha value is -1.27. The summed E-state index contributed by atoms with van der Waals surface area (Å²) in [5.74, 6) is -0.760. The quantitative estimate of drug-likeness (QED) is 0.805. The topological polar surface area (TPSA) is 41.5 Å². The van der Waals surface area contributed by atoms with E-state index in [2.05, 4.69) is 10.1 Å². The van der Waals surface area contributed by atoms with Crippen LogP contribution in [0.5, 0.6) is 5.75 Å². The average Bonchev–Trinajstić information content (AvgIpc) is 2.35. The average molecular weight is 277 g/mol. The fraction of sp³-hybridized carbons (Fsp3) is 0.538. The van der Waals surface area contributed by atoms with Crippen molar-refractivity contribution in [2.24, 2.45) is 5.92 Å². The summed E-state index contributed by atoms with van der Waals surface area (Å²) in [5.41, 5.74) is 0.451. The molecule has 0 heterocycles. The van der Waals surface area contributed by atoms with Gasteiger partial charge in [-0.15, -0.1) is 0 Å². The normalized spacial score (nSPS) is 14.5. The van der Waals surface area contributed by atoms with E-state index < -0.39 is 12.4 Å². The minimum Gasteiger partial charge on any atom is -0.434 e. The minimum absolute atomic E-state index is 0.0313. The molecule has 0 spiro atoms. The molecule has 0 amide bonds. The summed E-state index contributed by atoms with van der Waals surface area (Å²) < 4.78 is 41.9. The number of nitrogens with one attached hydrogen (secondary N) is 1. The molecule has 0 aliphatic rings. The number of benzene rings is 1. The number of aliphatic hydroxyl groups is 1. The van der Waals surface area contributed by atoms with Crippen LogP contribution >= 0.6 is 0 Å². The summed E-state index contributed by atoms with van der Waals surface area (Å²) in [6, 6.07) is 3.26. The summed E-state index contributed by atoms with van der Waals surface area (Å²) in [6.07, 6.45) is 0. The van der Waals surface area contributed by atoms with E-state index in [0.29, 0.717) is 12.1 Å². The monoisotopic (exact) mass is 277 g/mol. The molecule has 1 rings (SSSR count). The molecule has 0 fully saturated rings. The molecule has 19 heavy (non-hydrogen) atoms. The van der Waals surface area contributed by atoms with Gasteiger partial charge in [0.05, 0.1) is 0 Å². The smallest absolute Gasteiger partial charge is 0.387 e. The van der Waals surface area contributed by atoms with Crippen LogP contribution in [0.15, 0.2) is 18.2 Å². The van der Waals surface area contributed by atoms with Crippen molar-refractivity contribution < 1.29 is 23.0 Å². The molecule has 108 valence electrons. The van der Waals surface area contributed by atoms with Crippen LogP contribution < -0.4 is 10.1 Å². The second-order valence-corrected chi connectivity index (χ2v) is 4.48. The second-order valence-electron chi connectivity index (χ2n) is 4.48. The zero-order valence-corrected chi connectivity index (χ0v) is 10.9. The van der Waals surface area contributed by atoms with E-state index in [9.17, 15) is 13.2 Å². The third kappa shape index (κ3) is 5.08. The van der Waals surface area contributed by atoms with E-state index in [0.717, 1.165) is 6.07 Å². The predicted octanol–water partition coefficient (Wildman–Crippen LogP) is 2.71. The Balaban J connectivity index is 2.80. The van der Waals surface area contributed by atoms with Crippen LogP contribution in [-0.4, -0.2) is 24.9 Å². The lowest BCUT2D eigenvalue weighted by Crippen LogP contribution is -2.26. The van der Waals surface area contributed by atoms with Crippen LogP contribution in [0.25, 0.3) is 0 Å². The Morgan fingerprint density at radius 2 is 2.00 bits per heavy atom. The van der Waals surface area contributed by atoms with Crippen LogP contribution in [0.2, 0.25) is 0 Å². The first-order valence-electron chi connectivity index (χ1n) is 6.02. The van der Waals surface area contributed by atoms with Gasteiger partial charge < -0.3 is 15.2 Å². The van der Waals surface area contributed by atoms with Crippen LogP contribution in [0.4, 0.5) is 13.2 Å². The number of hydrogen-bond donors (Lipinski definition) is 2. The lowest BCUT2D eigenvalue weighted by Gasteiger charge is -2.19. The van der Waals surface area contributed by atoms with Crippen molar-refractivity contribution in [3.05, 3.63) is 29.6 Å². The van der Waals surface area contributed by atoms with Gasteiger partial charge in [0.1, 0.15) is 11.6 Å². The van der Waals surface area contributed by atoms with E-state index in [1.807, 2.05) is 6.92 Å². The maximum absolute atomic E-state index is 13.1. The van der Waals surface area contributed by atoms with Gasteiger partial charge in [-0.1, -0.05) is 13.0 Å². The van der Waals surface area contributed by atoms with Crippen LogP contribution in [0.1, 0.15) is 25.5 Å². The molecule has 6 heteroatoms. The first-order chi connectivity index (χ1) is 8.93. The van der Waals surface area contributed by atoms with Crippen molar-refractivity contribution in [2.75, 3.05) is 13.2 Å². The van der Waals surface area contributed by atoms with Gasteiger partial charge >= 0.3 is 6.61 Å². The SMILES string of the molecule is CC(CO)CNC(C)c1ccc(F)cc1OC(F)F. The number of hydrogen-bond acceptors (Lipinski definition) is 3. The summed E-state index contributed by atoms with van der Waals surface area (Å²) in [7, 11) is 0. The first-order valence-corrected chi connectivity index (χ1v) is 6.02. The number of aliphatic hydroxyl groups excluding tert-OH is 1. The molecule has 1 aromatic carbocycles. The van der Waals surface area contributed by atoms with Crippen molar-refractivity contribution in [2.45, 2.75) is 26.5 Å². The Labute approximate surface area is 110 Å². The van der Waals surface area contributed by atoms with Gasteiger partial charge in [-0.25, -0.2) is 4.39 Å². The van der Waals surface area contributed by atoms with E-state index in [-0.39, 0.29) is 24.3 Å². The molecule has 0 saturated heterocycles. The van der Waals surface area contributed by atoms with Gasteiger partial charge in [0.25, 0.3) is 0 Å². The molecular weight excluding hydrogens is 259 g/mol. The number of rotatable bonds is 7. The van der Waals surface area contributed by atoms with Crippen molar-refractivity contribution in [1.29, 1.82) is 0 Å². The second kappa shape index (κ2) is 7.35. The Kier molecular flexibility index (Phi) is 6.11. The summed E-state index contributed by atoms with van der Waals surface area (Å²) in [4.78, 5) is 0. The highest BCUT2D eigenvalue weighted by Crippen LogP contribution is 2.27. The molecule has 2 unspecified atom stereocenters. The summed E-state index contributed by atoms with van der Waals surface area (Å²) in [6.45, 7) is 1.16. The molecule has 2 N–H and O–H groups in total. The highest BCUT2D eigenvalue weighted by atomic mass is 19.3. The maximum Gasteiger partial charge on any atom is 0.387 e. The zero-order chi connectivity index (χ0) is 14.4. The standard InChI is InChI=1S/C13H18F3NO2/c1-8(7-18)6-17-9(2)11-4-3-10(14)5-12(11)19-13(15)16/h3-5,8-9,13,17-18H,6-7H2,1-2H3.